The van der Waals surface area contributed by atoms with Gasteiger partial charge in [-0.3, -0.25) is 0 Å². The van der Waals surface area contributed by atoms with E-state index in [2.05, 4.69) is 22.0 Å². The molecule has 1 saturated heterocycles. The Morgan fingerprint density at radius 2 is 1.80 bits per heavy atom. The Hall–Kier alpha value is -0.910. The van der Waals surface area contributed by atoms with E-state index in [1.54, 1.807) is 7.11 Å². The summed E-state index contributed by atoms with van der Waals surface area (Å²) in [6.07, 6.45) is 0. The number of hydrogen-bond donors (Lipinski definition) is 1. The molecule has 1 aliphatic rings. The van der Waals surface area contributed by atoms with Gasteiger partial charge in [-0.25, -0.2) is 0 Å². The fourth-order valence-electron chi connectivity index (χ4n) is 2.10. The quantitative estimate of drug-likeness (QED) is 0.739. The van der Waals surface area contributed by atoms with E-state index in [1.807, 2.05) is 24.3 Å². The first-order chi connectivity index (χ1) is 9.88. The number of nitrogens with zero attached hydrogens (tertiary/aromatic N) is 1. The van der Waals surface area contributed by atoms with E-state index in [0.717, 1.165) is 31.1 Å². The van der Waals surface area contributed by atoms with Crippen LogP contribution >= 0.6 is 11.8 Å². The number of nitrogens with one attached hydrogen (secondary N) is 1. The van der Waals surface area contributed by atoms with Crippen LogP contribution in [0.5, 0.6) is 11.5 Å². The van der Waals surface area contributed by atoms with Crippen LogP contribution in [0.1, 0.15) is 0 Å². The van der Waals surface area contributed by atoms with Crippen LogP contribution < -0.4 is 14.8 Å². The van der Waals surface area contributed by atoms with E-state index >= 15 is 0 Å². The van der Waals surface area contributed by atoms with Gasteiger partial charge in [-0.1, -0.05) is 0 Å². The third kappa shape index (κ3) is 5.61. The van der Waals surface area contributed by atoms with Gasteiger partial charge in [0.15, 0.2) is 0 Å². The minimum absolute atomic E-state index is 0.697. The van der Waals surface area contributed by atoms with Gasteiger partial charge in [-0.15, -0.1) is 0 Å². The van der Waals surface area contributed by atoms with Crippen molar-refractivity contribution in [1.82, 2.24) is 10.2 Å². The summed E-state index contributed by atoms with van der Waals surface area (Å²) in [5.41, 5.74) is 0. The Balaban J connectivity index is 1.50. The number of methoxy groups -OCH3 is 1. The standard InChI is InChI=1S/C15H24N2O2S/c1-18-14-2-4-15(5-3-14)19-11-7-16-6-8-17-9-12-20-13-10-17/h2-5,16H,6-13H2,1H3. The van der Waals surface area contributed by atoms with Crippen LogP contribution in [-0.4, -0.2) is 62.8 Å². The summed E-state index contributed by atoms with van der Waals surface area (Å²) < 4.78 is 10.8. The molecule has 0 aliphatic carbocycles. The molecule has 5 heteroatoms. The van der Waals surface area contributed by atoms with Crippen molar-refractivity contribution >= 4 is 11.8 Å². The van der Waals surface area contributed by atoms with Crippen LogP contribution in [0.4, 0.5) is 0 Å². The monoisotopic (exact) mass is 296 g/mol. The molecule has 1 aromatic rings. The predicted molar refractivity (Wildman–Crippen MR) is 85.1 cm³/mol. The number of rotatable bonds is 8. The molecule has 4 nitrogen and oxygen atoms in total. The number of ether oxygens (including phenoxy) is 2. The molecule has 1 aromatic carbocycles. The normalized spacial score (nSPS) is 16.1. The van der Waals surface area contributed by atoms with Gasteiger partial charge < -0.3 is 19.7 Å². The molecule has 1 fully saturated rings. The van der Waals surface area contributed by atoms with Gasteiger partial charge in [0.2, 0.25) is 0 Å². The molecule has 2 rings (SSSR count). The summed E-state index contributed by atoms with van der Waals surface area (Å²) in [4.78, 5) is 2.52. The average molecular weight is 296 g/mol. The fraction of sp³-hybridized carbons (Fsp3) is 0.600. The van der Waals surface area contributed by atoms with E-state index in [9.17, 15) is 0 Å². The highest BCUT2D eigenvalue weighted by molar-refractivity contribution is 7.99. The van der Waals surface area contributed by atoms with Gasteiger partial charge in [-0.05, 0) is 24.3 Å². The lowest BCUT2D eigenvalue weighted by molar-refractivity contribution is 0.285. The van der Waals surface area contributed by atoms with Crippen molar-refractivity contribution in [2.75, 3.05) is 57.9 Å². The molecule has 0 unspecified atom stereocenters. The van der Waals surface area contributed by atoms with Gasteiger partial charge in [0.25, 0.3) is 0 Å². The number of benzene rings is 1. The van der Waals surface area contributed by atoms with E-state index in [-0.39, 0.29) is 0 Å². The Morgan fingerprint density at radius 3 is 2.50 bits per heavy atom. The summed E-state index contributed by atoms with van der Waals surface area (Å²) in [5, 5.41) is 3.43. The molecule has 0 radical (unpaired) electrons. The van der Waals surface area contributed by atoms with Gasteiger partial charge in [-0.2, -0.15) is 11.8 Å². The Morgan fingerprint density at radius 1 is 1.10 bits per heavy atom. The number of hydrogen-bond acceptors (Lipinski definition) is 5. The highest BCUT2D eigenvalue weighted by Gasteiger charge is 2.08. The smallest absolute Gasteiger partial charge is 0.119 e. The molecule has 0 amide bonds. The molecular formula is C15H24N2O2S. The van der Waals surface area contributed by atoms with Gasteiger partial charge >= 0.3 is 0 Å². The van der Waals surface area contributed by atoms with Crippen molar-refractivity contribution in [3.8, 4) is 11.5 Å². The van der Waals surface area contributed by atoms with Crippen molar-refractivity contribution in [2.45, 2.75) is 0 Å². The first kappa shape index (κ1) is 15.5. The van der Waals surface area contributed by atoms with E-state index in [0.29, 0.717) is 6.61 Å². The second-order valence-electron chi connectivity index (χ2n) is 4.73. The summed E-state index contributed by atoms with van der Waals surface area (Å²) >= 11 is 2.06. The zero-order chi connectivity index (χ0) is 14.0. The van der Waals surface area contributed by atoms with Crippen LogP contribution in [0.25, 0.3) is 0 Å². The van der Waals surface area contributed by atoms with Crippen LogP contribution in [0.15, 0.2) is 24.3 Å². The van der Waals surface area contributed by atoms with Gasteiger partial charge in [0.1, 0.15) is 18.1 Å². The molecule has 112 valence electrons. The Kier molecular flexibility index (Phi) is 7.05. The lowest BCUT2D eigenvalue weighted by Crippen LogP contribution is -2.38. The topological polar surface area (TPSA) is 33.7 Å². The molecule has 0 aromatic heterocycles. The molecule has 0 bridgehead atoms. The summed E-state index contributed by atoms with van der Waals surface area (Å²) in [6, 6.07) is 7.70. The van der Waals surface area contributed by atoms with Crippen LogP contribution in [0, 0.1) is 0 Å². The second-order valence-corrected chi connectivity index (χ2v) is 5.95. The van der Waals surface area contributed by atoms with Gasteiger partial charge in [0, 0.05) is 44.2 Å². The first-order valence-corrected chi connectivity index (χ1v) is 8.31. The third-order valence-electron chi connectivity index (χ3n) is 3.32. The van der Waals surface area contributed by atoms with Crippen molar-refractivity contribution in [1.29, 1.82) is 0 Å². The molecule has 1 aliphatic heterocycles. The molecule has 1 heterocycles. The number of thioether (sulfide) groups is 1. The maximum Gasteiger partial charge on any atom is 0.119 e. The predicted octanol–water partition coefficient (Wildman–Crippen LogP) is 1.71. The zero-order valence-corrected chi connectivity index (χ0v) is 13.0. The van der Waals surface area contributed by atoms with Crippen LogP contribution in [0.3, 0.4) is 0 Å². The Labute approximate surface area is 125 Å². The maximum absolute atomic E-state index is 5.66. The van der Waals surface area contributed by atoms with Crippen molar-refractivity contribution < 1.29 is 9.47 Å². The molecule has 1 N–H and O–H groups in total. The third-order valence-corrected chi connectivity index (χ3v) is 4.26. The lowest BCUT2D eigenvalue weighted by atomic mass is 10.3. The molecular weight excluding hydrogens is 272 g/mol. The lowest BCUT2D eigenvalue weighted by Gasteiger charge is -2.26. The van der Waals surface area contributed by atoms with Crippen molar-refractivity contribution in [3.63, 3.8) is 0 Å². The second kappa shape index (κ2) is 9.10. The zero-order valence-electron chi connectivity index (χ0n) is 12.1. The summed E-state index contributed by atoms with van der Waals surface area (Å²) in [6.45, 7) is 6.22. The van der Waals surface area contributed by atoms with E-state index in [4.69, 9.17) is 9.47 Å². The molecule has 0 atom stereocenters. The first-order valence-electron chi connectivity index (χ1n) is 7.16. The highest BCUT2D eigenvalue weighted by atomic mass is 32.2. The molecule has 20 heavy (non-hydrogen) atoms. The summed E-state index contributed by atoms with van der Waals surface area (Å²) in [5.74, 6) is 4.30. The van der Waals surface area contributed by atoms with Crippen LogP contribution in [0.2, 0.25) is 0 Å². The highest BCUT2D eigenvalue weighted by Crippen LogP contribution is 2.16. The van der Waals surface area contributed by atoms with Gasteiger partial charge in [0.05, 0.1) is 7.11 Å². The van der Waals surface area contributed by atoms with E-state index < -0.39 is 0 Å². The average Bonchev–Trinajstić information content (AvgIpc) is 2.52. The SMILES string of the molecule is COc1ccc(OCCNCCN2CCSCC2)cc1. The minimum atomic E-state index is 0.697. The Bertz CT molecular complexity index is 367. The largest absolute Gasteiger partial charge is 0.497 e. The maximum atomic E-state index is 5.66. The minimum Gasteiger partial charge on any atom is -0.497 e. The van der Waals surface area contributed by atoms with Crippen LogP contribution in [-0.2, 0) is 0 Å². The molecule has 0 spiro atoms. The van der Waals surface area contributed by atoms with Crippen molar-refractivity contribution in [3.05, 3.63) is 24.3 Å². The summed E-state index contributed by atoms with van der Waals surface area (Å²) in [7, 11) is 1.67. The van der Waals surface area contributed by atoms with E-state index in [1.165, 1.54) is 24.6 Å². The molecule has 0 saturated carbocycles. The fourth-order valence-corrected chi connectivity index (χ4v) is 3.08. The van der Waals surface area contributed by atoms with Crippen molar-refractivity contribution in [2.24, 2.45) is 0 Å².